The molecule has 0 aliphatic rings. The zero-order valence-electron chi connectivity index (χ0n) is 17.6. The number of hydrogen-bond donors (Lipinski definition) is 1. The fourth-order valence-electron chi connectivity index (χ4n) is 2.78. The molecule has 1 amide bonds. The van der Waals surface area contributed by atoms with Crippen molar-refractivity contribution in [2.45, 2.75) is 0 Å². The Morgan fingerprint density at radius 3 is 2.28 bits per heavy atom. The van der Waals surface area contributed by atoms with Crippen molar-refractivity contribution in [3.8, 4) is 17.2 Å². The maximum Gasteiger partial charge on any atom is 0.336 e. The quantitative estimate of drug-likeness (QED) is 0.191. The van der Waals surface area contributed by atoms with E-state index in [9.17, 15) is 9.59 Å². The molecule has 0 aliphatic carbocycles. The number of amides is 1. The lowest BCUT2D eigenvalue weighted by molar-refractivity contribution is -0.129. The van der Waals surface area contributed by atoms with Crippen molar-refractivity contribution in [2.24, 2.45) is 5.10 Å². The monoisotopic (exact) mass is 430 g/mol. The Kier molecular flexibility index (Phi) is 7.75. The molecule has 3 aromatic rings. The standard InChI is InChI=1S/C25H22N2O5/c1-30-21-11-7-6-10-20(21)25(29)27-26-17-19-12-14-22(23(16-19)31-2)32-24(28)15-13-18-8-4-3-5-9-18/h3-17H,1-2H3,(H,27,29)/b15-13+,26-17-. The smallest absolute Gasteiger partial charge is 0.336 e. The molecule has 162 valence electrons. The van der Waals surface area contributed by atoms with Crippen LogP contribution in [-0.4, -0.2) is 32.3 Å². The number of para-hydroxylation sites is 1. The third-order valence-electron chi connectivity index (χ3n) is 4.34. The molecule has 0 radical (unpaired) electrons. The molecular weight excluding hydrogens is 408 g/mol. The molecule has 32 heavy (non-hydrogen) atoms. The second-order valence-electron chi connectivity index (χ2n) is 6.47. The van der Waals surface area contributed by atoms with E-state index in [0.717, 1.165) is 5.56 Å². The maximum atomic E-state index is 12.3. The fraction of sp³-hybridized carbons (Fsp3) is 0.0800. The fourth-order valence-corrected chi connectivity index (χ4v) is 2.78. The minimum atomic E-state index is -0.530. The third-order valence-corrected chi connectivity index (χ3v) is 4.34. The van der Waals surface area contributed by atoms with Crippen molar-refractivity contribution in [3.05, 3.63) is 95.6 Å². The van der Waals surface area contributed by atoms with E-state index in [1.807, 2.05) is 30.3 Å². The molecule has 0 unspecified atom stereocenters. The van der Waals surface area contributed by atoms with E-state index < -0.39 is 11.9 Å². The molecular formula is C25H22N2O5. The summed E-state index contributed by atoms with van der Waals surface area (Å²) in [6, 6.07) is 21.2. The van der Waals surface area contributed by atoms with Gasteiger partial charge in [0.15, 0.2) is 11.5 Å². The van der Waals surface area contributed by atoms with Crippen molar-refractivity contribution in [2.75, 3.05) is 14.2 Å². The van der Waals surface area contributed by atoms with Crippen molar-refractivity contribution >= 4 is 24.2 Å². The summed E-state index contributed by atoms with van der Waals surface area (Å²) in [6.45, 7) is 0. The Hall–Kier alpha value is -4.39. The molecule has 3 rings (SSSR count). The first-order valence-corrected chi connectivity index (χ1v) is 9.70. The van der Waals surface area contributed by atoms with Gasteiger partial charge in [0.05, 0.1) is 26.0 Å². The highest BCUT2D eigenvalue weighted by Gasteiger charge is 2.11. The Morgan fingerprint density at radius 1 is 0.812 bits per heavy atom. The number of methoxy groups -OCH3 is 2. The van der Waals surface area contributed by atoms with Crippen molar-refractivity contribution in [1.29, 1.82) is 0 Å². The zero-order valence-corrected chi connectivity index (χ0v) is 17.6. The highest BCUT2D eigenvalue weighted by molar-refractivity contribution is 5.97. The van der Waals surface area contributed by atoms with E-state index in [1.54, 1.807) is 48.5 Å². The van der Waals surface area contributed by atoms with E-state index in [-0.39, 0.29) is 5.75 Å². The van der Waals surface area contributed by atoms with Gasteiger partial charge in [0.2, 0.25) is 0 Å². The van der Waals surface area contributed by atoms with Crippen molar-refractivity contribution in [1.82, 2.24) is 5.43 Å². The summed E-state index contributed by atoms with van der Waals surface area (Å²) in [5, 5.41) is 3.97. The molecule has 0 bridgehead atoms. The van der Waals surface area contributed by atoms with Crippen molar-refractivity contribution in [3.63, 3.8) is 0 Å². The summed E-state index contributed by atoms with van der Waals surface area (Å²) in [5.74, 6) is 0.144. The molecule has 0 aliphatic heterocycles. The lowest BCUT2D eigenvalue weighted by Gasteiger charge is -2.09. The first kappa shape index (κ1) is 22.3. The molecule has 7 nitrogen and oxygen atoms in total. The van der Waals surface area contributed by atoms with Gasteiger partial charge in [-0.25, -0.2) is 10.2 Å². The number of esters is 1. The Bertz CT molecular complexity index is 1140. The van der Waals surface area contributed by atoms with Crippen LogP contribution in [0.5, 0.6) is 17.2 Å². The first-order valence-electron chi connectivity index (χ1n) is 9.70. The lowest BCUT2D eigenvalue weighted by atomic mass is 10.2. The second kappa shape index (κ2) is 11.1. The van der Waals surface area contributed by atoms with Gasteiger partial charge in [-0.3, -0.25) is 4.79 Å². The molecule has 0 saturated heterocycles. The number of carbonyl (C=O) groups is 2. The van der Waals surface area contributed by atoms with E-state index in [2.05, 4.69) is 10.5 Å². The van der Waals surface area contributed by atoms with Gasteiger partial charge < -0.3 is 14.2 Å². The number of nitrogens with one attached hydrogen (secondary N) is 1. The molecule has 7 heteroatoms. The van der Waals surface area contributed by atoms with Gasteiger partial charge in [0.1, 0.15) is 5.75 Å². The molecule has 0 spiro atoms. The third kappa shape index (κ3) is 6.06. The Balaban J connectivity index is 1.64. The molecule has 0 heterocycles. The van der Waals surface area contributed by atoms with Crippen LogP contribution in [-0.2, 0) is 4.79 Å². The number of hydrogen-bond acceptors (Lipinski definition) is 6. The zero-order chi connectivity index (χ0) is 22.8. The van der Waals surface area contributed by atoms with Crippen LogP contribution in [0.15, 0.2) is 84.0 Å². The highest BCUT2D eigenvalue weighted by Crippen LogP contribution is 2.28. The molecule has 0 aromatic heterocycles. The summed E-state index contributed by atoms with van der Waals surface area (Å²) in [5.41, 5.74) is 4.35. The maximum absolute atomic E-state index is 12.3. The number of carbonyl (C=O) groups excluding carboxylic acids is 2. The van der Waals surface area contributed by atoms with Crippen LogP contribution in [0.2, 0.25) is 0 Å². The van der Waals surface area contributed by atoms with Crippen LogP contribution in [0.1, 0.15) is 21.5 Å². The topological polar surface area (TPSA) is 86.2 Å². The van der Waals surface area contributed by atoms with Crippen LogP contribution >= 0.6 is 0 Å². The van der Waals surface area contributed by atoms with Crippen LogP contribution < -0.4 is 19.6 Å². The van der Waals surface area contributed by atoms with Crippen LogP contribution in [0, 0.1) is 0 Å². The van der Waals surface area contributed by atoms with Crippen LogP contribution in [0.3, 0.4) is 0 Å². The molecule has 3 aromatic carbocycles. The van der Waals surface area contributed by atoms with E-state index in [4.69, 9.17) is 14.2 Å². The Labute approximate surface area is 185 Å². The van der Waals surface area contributed by atoms with Crippen molar-refractivity contribution < 1.29 is 23.8 Å². The van der Waals surface area contributed by atoms with Gasteiger partial charge >= 0.3 is 5.97 Å². The second-order valence-corrected chi connectivity index (χ2v) is 6.47. The predicted octanol–water partition coefficient (Wildman–Crippen LogP) is 4.09. The molecule has 1 N–H and O–H groups in total. The number of ether oxygens (including phenoxy) is 3. The lowest BCUT2D eigenvalue weighted by Crippen LogP contribution is -2.18. The molecule has 0 fully saturated rings. The highest BCUT2D eigenvalue weighted by atomic mass is 16.6. The summed E-state index contributed by atoms with van der Waals surface area (Å²) in [6.07, 6.45) is 4.47. The summed E-state index contributed by atoms with van der Waals surface area (Å²) < 4.78 is 15.8. The summed E-state index contributed by atoms with van der Waals surface area (Å²) in [7, 11) is 2.96. The van der Waals surface area contributed by atoms with E-state index in [1.165, 1.54) is 26.5 Å². The summed E-state index contributed by atoms with van der Waals surface area (Å²) >= 11 is 0. The van der Waals surface area contributed by atoms with Gasteiger partial charge in [0.25, 0.3) is 5.91 Å². The normalized spacial score (nSPS) is 10.8. The predicted molar refractivity (Wildman–Crippen MR) is 122 cm³/mol. The van der Waals surface area contributed by atoms with E-state index in [0.29, 0.717) is 22.6 Å². The van der Waals surface area contributed by atoms with Crippen LogP contribution in [0.25, 0.3) is 6.08 Å². The molecule has 0 saturated carbocycles. The number of nitrogens with zero attached hydrogens (tertiary/aromatic N) is 1. The van der Waals surface area contributed by atoms with Crippen LogP contribution in [0.4, 0.5) is 0 Å². The minimum absolute atomic E-state index is 0.269. The number of hydrazone groups is 1. The Morgan fingerprint density at radius 2 is 1.53 bits per heavy atom. The minimum Gasteiger partial charge on any atom is -0.496 e. The number of rotatable bonds is 8. The average Bonchev–Trinajstić information content (AvgIpc) is 2.84. The van der Waals surface area contributed by atoms with Gasteiger partial charge in [-0.1, -0.05) is 42.5 Å². The van der Waals surface area contributed by atoms with Gasteiger partial charge in [-0.2, -0.15) is 5.10 Å². The largest absolute Gasteiger partial charge is 0.496 e. The average molecular weight is 430 g/mol. The van der Waals surface area contributed by atoms with Gasteiger partial charge in [-0.05, 0) is 47.5 Å². The van der Waals surface area contributed by atoms with Gasteiger partial charge in [-0.15, -0.1) is 0 Å². The SMILES string of the molecule is COc1cc(/C=N\NC(=O)c2ccccc2OC)ccc1OC(=O)/C=C/c1ccccc1. The van der Waals surface area contributed by atoms with E-state index >= 15 is 0 Å². The first-order chi connectivity index (χ1) is 15.6. The van der Waals surface area contributed by atoms with Gasteiger partial charge in [0, 0.05) is 6.08 Å². The number of benzene rings is 3. The molecule has 0 atom stereocenters. The summed E-state index contributed by atoms with van der Waals surface area (Å²) in [4.78, 5) is 24.4.